The molecule has 0 bridgehead atoms. The van der Waals surface area contributed by atoms with Gasteiger partial charge >= 0.3 is 0 Å². The minimum atomic E-state index is -0.168. The van der Waals surface area contributed by atoms with Crippen LogP contribution in [0.25, 0.3) is 0 Å². The molecule has 2 aliphatic carbocycles. The van der Waals surface area contributed by atoms with Crippen LogP contribution in [0, 0.1) is 11.8 Å². The molecule has 0 radical (unpaired) electrons. The molecule has 3 heteroatoms. The topological polar surface area (TPSA) is 15.3 Å². The SMILES string of the molecule is CC1(C2CC2)CNC(C2CC2)CN1CCCF. The fourth-order valence-electron chi connectivity index (χ4n) is 3.48. The normalized spacial score (nSPS) is 39.5. The number of hydrogen-bond donors (Lipinski definition) is 1. The molecule has 1 saturated heterocycles. The molecule has 3 fully saturated rings. The zero-order valence-corrected chi connectivity index (χ0v) is 10.9. The monoisotopic (exact) mass is 240 g/mol. The van der Waals surface area contributed by atoms with Crippen LogP contribution in [-0.4, -0.2) is 42.8 Å². The van der Waals surface area contributed by atoms with E-state index in [-0.39, 0.29) is 6.67 Å². The van der Waals surface area contributed by atoms with Gasteiger partial charge in [0.05, 0.1) is 6.67 Å². The fourth-order valence-corrected chi connectivity index (χ4v) is 3.48. The van der Waals surface area contributed by atoms with Crippen molar-refractivity contribution in [3.05, 3.63) is 0 Å². The molecule has 1 N–H and O–H groups in total. The average molecular weight is 240 g/mol. The number of hydrogen-bond acceptors (Lipinski definition) is 2. The predicted octanol–water partition coefficient (Wildman–Crippen LogP) is 2.20. The molecular weight excluding hydrogens is 215 g/mol. The van der Waals surface area contributed by atoms with Crippen molar-refractivity contribution in [1.29, 1.82) is 0 Å². The summed E-state index contributed by atoms with van der Waals surface area (Å²) in [5.74, 6) is 1.77. The van der Waals surface area contributed by atoms with E-state index >= 15 is 0 Å². The Morgan fingerprint density at radius 1 is 1.29 bits per heavy atom. The van der Waals surface area contributed by atoms with E-state index in [0.29, 0.717) is 18.0 Å². The summed E-state index contributed by atoms with van der Waals surface area (Å²) in [7, 11) is 0. The molecule has 0 aromatic carbocycles. The number of rotatable bonds is 5. The standard InChI is InChI=1S/C14H25FN2/c1-14(12-5-6-12)10-16-13(11-3-4-11)9-17(14)8-2-7-15/h11-13,16H,2-10H2,1H3. The molecule has 0 amide bonds. The summed E-state index contributed by atoms with van der Waals surface area (Å²) in [5, 5.41) is 3.76. The van der Waals surface area contributed by atoms with Crippen LogP contribution in [-0.2, 0) is 0 Å². The lowest BCUT2D eigenvalue weighted by atomic mass is 9.88. The molecule has 17 heavy (non-hydrogen) atoms. The van der Waals surface area contributed by atoms with Crippen LogP contribution in [0.4, 0.5) is 4.39 Å². The van der Waals surface area contributed by atoms with E-state index in [0.717, 1.165) is 31.5 Å². The van der Waals surface area contributed by atoms with Crippen LogP contribution in [0.3, 0.4) is 0 Å². The van der Waals surface area contributed by atoms with Gasteiger partial charge < -0.3 is 5.32 Å². The molecular formula is C14H25FN2. The summed E-state index contributed by atoms with van der Waals surface area (Å²) < 4.78 is 12.4. The van der Waals surface area contributed by atoms with Crippen LogP contribution < -0.4 is 5.32 Å². The van der Waals surface area contributed by atoms with Crippen molar-refractivity contribution in [2.45, 2.75) is 50.6 Å². The van der Waals surface area contributed by atoms with Gasteiger partial charge in [0.25, 0.3) is 0 Å². The zero-order valence-electron chi connectivity index (χ0n) is 10.9. The van der Waals surface area contributed by atoms with E-state index in [1.54, 1.807) is 0 Å². The van der Waals surface area contributed by atoms with Crippen molar-refractivity contribution >= 4 is 0 Å². The lowest BCUT2D eigenvalue weighted by molar-refractivity contribution is 0.0283. The van der Waals surface area contributed by atoms with Gasteiger partial charge in [0.15, 0.2) is 0 Å². The lowest BCUT2D eigenvalue weighted by Crippen LogP contribution is -2.65. The molecule has 3 rings (SSSR count). The molecule has 0 spiro atoms. The van der Waals surface area contributed by atoms with E-state index in [2.05, 4.69) is 17.1 Å². The van der Waals surface area contributed by atoms with E-state index in [1.165, 1.54) is 25.7 Å². The minimum Gasteiger partial charge on any atom is -0.311 e. The van der Waals surface area contributed by atoms with Gasteiger partial charge in [0.2, 0.25) is 0 Å². The van der Waals surface area contributed by atoms with Gasteiger partial charge in [-0.3, -0.25) is 9.29 Å². The molecule has 0 aromatic heterocycles. The molecule has 1 heterocycles. The Bertz CT molecular complexity index is 275. The van der Waals surface area contributed by atoms with E-state index in [9.17, 15) is 4.39 Å². The first-order valence-electron chi connectivity index (χ1n) is 7.28. The second kappa shape index (κ2) is 4.51. The van der Waals surface area contributed by atoms with Gasteiger partial charge in [-0.1, -0.05) is 0 Å². The Labute approximate surface area is 104 Å². The average Bonchev–Trinajstić information content (AvgIpc) is 3.20. The van der Waals surface area contributed by atoms with Gasteiger partial charge in [-0.15, -0.1) is 0 Å². The maximum Gasteiger partial charge on any atom is 0.0906 e. The highest BCUT2D eigenvalue weighted by Crippen LogP contribution is 2.45. The Balaban J connectivity index is 1.65. The van der Waals surface area contributed by atoms with E-state index in [4.69, 9.17) is 0 Å². The molecule has 0 aromatic rings. The highest BCUT2D eigenvalue weighted by molar-refractivity contribution is 5.06. The number of nitrogens with one attached hydrogen (secondary N) is 1. The van der Waals surface area contributed by atoms with E-state index in [1.807, 2.05) is 0 Å². The van der Waals surface area contributed by atoms with Crippen molar-refractivity contribution in [1.82, 2.24) is 10.2 Å². The molecule has 2 saturated carbocycles. The fraction of sp³-hybridized carbons (Fsp3) is 1.00. The quantitative estimate of drug-likeness (QED) is 0.792. The Kier molecular flexibility index (Phi) is 3.16. The zero-order chi connectivity index (χ0) is 11.9. The maximum absolute atomic E-state index is 12.4. The van der Waals surface area contributed by atoms with Gasteiger partial charge in [0.1, 0.15) is 0 Å². The summed E-state index contributed by atoms with van der Waals surface area (Å²) in [6, 6.07) is 0.682. The number of nitrogens with zero attached hydrogens (tertiary/aromatic N) is 1. The first-order valence-corrected chi connectivity index (χ1v) is 7.28. The van der Waals surface area contributed by atoms with Crippen LogP contribution in [0.5, 0.6) is 0 Å². The highest BCUT2D eigenvalue weighted by atomic mass is 19.1. The Hall–Kier alpha value is -0.150. The number of halogens is 1. The van der Waals surface area contributed by atoms with Crippen molar-refractivity contribution in [3.8, 4) is 0 Å². The smallest absolute Gasteiger partial charge is 0.0906 e. The van der Waals surface area contributed by atoms with E-state index < -0.39 is 0 Å². The number of piperazine rings is 1. The summed E-state index contributed by atoms with van der Waals surface area (Å²) in [6.45, 7) is 5.44. The van der Waals surface area contributed by atoms with Gasteiger partial charge in [-0.05, 0) is 50.9 Å². The third kappa shape index (κ3) is 2.37. The van der Waals surface area contributed by atoms with Crippen molar-refractivity contribution in [2.75, 3.05) is 26.3 Å². The second-order valence-electron chi connectivity index (χ2n) is 6.44. The van der Waals surface area contributed by atoms with Gasteiger partial charge in [-0.2, -0.15) is 0 Å². The summed E-state index contributed by atoms with van der Waals surface area (Å²) in [6.07, 6.45) is 6.25. The third-order valence-electron chi connectivity index (χ3n) is 5.07. The summed E-state index contributed by atoms with van der Waals surface area (Å²) in [5.41, 5.74) is 0.306. The minimum absolute atomic E-state index is 0.168. The van der Waals surface area contributed by atoms with Crippen LogP contribution in [0.15, 0.2) is 0 Å². The summed E-state index contributed by atoms with van der Waals surface area (Å²) in [4.78, 5) is 2.60. The molecule has 3 aliphatic rings. The maximum atomic E-state index is 12.4. The van der Waals surface area contributed by atoms with Crippen LogP contribution in [0.1, 0.15) is 39.0 Å². The predicted molar refractivity (Wildman–Crippen MR) is 67.8 cm³/mol. The van der Waals surface area contributed by atoms with Crippen molar-refractivity contribution in [2.24, 2.45) is 11.8 Å². The first kappa shape index (κ1) is 11.9. The Morgan fingerprint density at radius 3 is 2.65 bits per heavy atom. The van der Waals surface area contributed by atoms with Gasteiger partial charge in [0, 0.05) is 31.2 Å². The third-order valence-corrected chi connectivity index (χ3v) is 5.07. The Morgan fingerprint density at radius 2 is 2.06 bits per heavy atom. The number of alkyl halides is 1. The largest absolute Gasteiger partial charge is 0.311 e. The molecule has 2 unspecified atom stereocenters. The van der Waals surface area contributed by atoms with Gasteiger partial charge in [-0.25, -0.2) is 0 Å². The molecule has 1 aliphatic heterocycles. The molecule has 2 atom stereocenters. The van der Waals surface area contributed by atoms with Crippen molar-refractivity contribution < 1.29 is 4.39 Å². The lowest BCUT2D eigenvalue weighted by Gasteiger charge is -2.49. The molecule has 2 nitrogen and oxygen atoms in total. The highest BCUT2D eigenvalue weighted by Gasteiger charge is 2.49. The second-order valence-corrected chi connectivity index (χ2v) is 6.44. The van der Waals surface area contributed by atoms with Crippen molar-refractivity contribution in [3.63, 3.8) is 0 Å². The van der Waals surface area contributed by atoms with Crippen LogP contribution >= 0.6 is 0 Å². The first-order chi connectivity index (χ1) is 8.24. The molecule has 98 valence electrons. The summed E-state index contributed by atoms with van der Waals surface area (Å²) >= 11 is 0. The van der Waals surface area contributed by atoms with Crippen LogP contribution in [0.2, 0.25) is 0 Å².